The molecule has 0 aromatic carbocycles. The van der Waals surface area contributed by atoms with Crippen LogP contribution in [-0.2, 0) is 0 Å². The first-order valence-electron chi connectivity index (χ1n) is 7.45. The molecule has 4 heterocycles. The average molecular weight is 272 g/mol. The van der Waals surface area contributed by atoms with Gasteiger partial charge in [-0.3, -0.25) is 0 Å². The van der Waals surface area contributed by atoms with E-state index in [1.807, 2.05) is 10.7 Å². The highest BCUT2D eigenvalue weighted by atomic mass is 15.3. The Labute approximate surface area is 118 Å². The van der Waals surface area contributed by atoms with Crippen molar-refractivity contribution in [2.24, 2.45) is 0 Å². The van der Waals surface area contributed by atoms with Crippen LogP contribution in [0.1, 0.15) is 24.7 Å². The zero-order valence-electron chi connectivity index (χ0n) is 11.5. The van der Waals surface area contributed by atoms with Gasteiger partial charge in [-0.1, -0.05) is 0 Å². The Morgan fingerprint density at radius 1 is 1.20 bits per heavy atom. The zero-order chi connectivity index (χ0) is 13.4. The van der Waals surface area contributed by atoms with Gasteiger partial charge in [0.25, 0.3) is 0 Å². The molecule has 2 aliphatic rings. The van der Waals surface area contributed by atoms with Crippen LogP contribution < -0.4 is 15.5 Å². The molecule has 2 aromatic rings. The average Bonchev–Trinajstić information content (AvgIpc) is 3.16. The van der Waals surface area contributed by atoms with Gasteiger partial charge in [-0.2, -0.15) is 0 Å². The summed E-state index contributed by atoms with van der Waals surface area (Å²) in [6.45, 7) is 5.29. The number of piperazine rings is 1. The maximum absolute atomic E-state index is 4.70. The molecule has 6 nitrogen and oxygen atoms in total. The van der Waals surface area contributed by atoms with Crippen LogP contribution >= 0.6 is 0 Å². The lowest BCUT2D eigenvalue weighted by Crippen LogP contribution is -2.43. The summed E-state index contributed by atoms with van der Waals surface area (Å²) in [5.74, 6) is 0.931. The third-order valence-corrected chi connectivity index (χ3v) is 4.19. The van der Waals surface area contributed by atoms with Crippen LogP contribution in [0.5, 0.6) is 0 Å². The molecule has 1 atom stereocenters. The predicted molar refractivity (Wildman–Crippen MR) is 78.0 cm³/mol. The molecule has 4 rings (SSSR count). The summed E-state index contributed by atoms with van der Waals surface area (Å²) < 4.78 is 1.89. The smallest absolute Gasteiger partial charge is 0.168 e. The monoisotopic (exact) mass is 272 g/mol. The molecule has 20 heavy (non-hydrogen) atoms. The third-order valence-electron chi connectivity index (χ3n) is 4.19. The van der Waals surface area contributed by atoms with E-state index in [0.717, 1.165) is 50.6 Å². The number of anilines is 1. The zero-order valence-corrected chi connectivity index (χ0v) is 11.5. The summed E-state index contributed by atoms with van der Waals surface area (Å²) in [5, 5.41) is 11.4. The summed E-state index contributed by atoms with van der Waals surface area (Å²) in [6, 6.07) is 4.62. The molecule has 0 bridgehead atoms. The van der Waals surface area contributed by atoms with E-state index >= 15 is 0 Å². The van der Waals surface area contributed by atoms with Crippen molar-refractivity contribution in [3.63, 3.8) is 0 Å². The highest BCUT2D eigenvalue weighted by Gasteiger charge is 2.21. The van der Waals surface area contributed by atoms with Gasteiger partial charge >= 0.3 is 0 Å². The lowest BCUT2D eigenvalue weighted by atomic mass is 10.2. The first kappa shape index (κ1) is 12.1. The quantitative estimate of drug-likeness (QED) is 0.837. The Balaban J connectivity index is 1.64. The number of hydrogen-bond acceptors (Lipinski definition) is 5. The summed E-state index contributed by atoms with van der Waals surface area (Å²) in [4.78, 5) is 7.10. The second-order valence-corrected chi connectivity index (χ2v) is 5.54. The van der Waals surface area contributed by atoms with Crippen molar-refractivity contribution in [3.8, 4) is 0 Å². The molecule has 0 radical (unpaired) electrons. The van der Waals surface area contributed by atoms with Crippen molar-refractivity contribution in [2.45, 2.75) is 18.9 Å². The van der Waals surface area contributed by atoms with E-state index < -0.39 is 0 Å². The van der Waals surface area contributed by atoms with Gasteiger partial charge in [0.1, 0.15) is 0 Å². The molecule has 0 amide bonds. The number of hydrogen-bond donors (Lipinski definition) is 2. The summed E-state index contributed by atoms with van der Waals surface area (Å²) >= 11 is 0. The molecule has 0 spiro atoms. The molecular formula is C14H20N6. The first-order valence-corrected chi connectivity index (χ1v) is 7.45. The lowest BCUT2D eigenvalue weighted by Gasteiger charge is -2.29. The molecule has 2 N–H and O–H groups in total. The minimum Gasteiger partial charge on any atom is -0.369 e. The number of nitrogens with zero attached hydrogens (tertiary/aromatic N) is 4. The van der Waals surface area contributed by atoms with Gasteiger partial charge < -0.3 is 15.5 Å². The molecule has 2 fully saturated rings. The maximum Gasteiger partial charge on any atom is 0.168 e. The van der Waals surface area contributed by atoms with E-state index in [-0.39, 0.29) is 0 Å². The standard InChI is InChI=1S/C14H20N6/c1-2-12(16-4-1)14-17-13-10-11(3-7-20(13)18-14)19-8-5-15-6-9-19/h3,7,10,12,15-16H,1-2,4-6,8-9H2. The van der Waals surface area contributed by atoms with Crippen molar-refractivity contribution in [1.82, 2.24) is 25.2 Å². The number of nitrogens with one attached hydrogen (secondary N) is 2. The molecule has 1 unspecified atom stereocenters. The topological polar surface area (TPSA) is 57.5 Å². The number of pyridine rings is 1. The van der Waals surface area contributed by atoms with Crippen LogP contribution in [-0.4, -0.2) is 47.3 Å². The molecule has 106 valence electrons. The highest BCUT2D eigenvalue weighted by molar-refractivity contribution is 5.56. The summed E-state index contributed by atoms with van der Waals surface area (Å²) in [5.41, 5.74) is 2.20. The third kappa shape index (κ3) is 2.14. The van der Waals surface area contributed by atoms with Crippen LogP contribution in [0.3, 0.4) is 0 Å². The van der Waals surface area contributed by atoms with Crippen molar-refractivity contribution in [1.29, 1.82) is 0 Å². The van der Waals surface area contributed by atoms with Gasteiger partial charge in [-0.25, -0.2) is 9.50 Å². The first-order chi connectivity index (χ1) is 9.90. The van der Waals surface area contributed by atoms with Crippen LogP contribution in [0.15, 0.2) is 18.3 Å². The van der Waals surface area contributed by atoms with Crippen molar-refractivity contribution >= 4 is 11.3 Å². The molecule has 2 saturated heterocycles. The van der Waals surface area contributed by atoms with Crippen molar-refractivity contribution in [2.75, 3.05) is 37.6 Å². The minimum atomic E-state index is 0.331. The Hall–Kier alpha value is -1.66. The van der Waals surface area contributed by atoms with Crippen molar-refractivity contribution in [3.05, 3.63) is 24.2 Å². The maximum atomic E-state index is 4.70. The van der Waals surface area contributed by atoms with Gasteiger partial charge in [0.05, 0.1) is 6.04 Å². The molecule has 2 aliphatic heterocycles. The number of rotatable bonds is 2. The van der Waals surface area contributed by atoms with E-state index in [4.69, 9.17) is 4.98 Å². The van der Waals surface area contributed by atoms with Gasteiger partial charge in [-0.15, -0.1) is 5.10 Å². The predicted octanol–water partition coefficient (Wildman–Crippen LogP) is 0.563. The van der Waals surface area contributed by atoms with Crippen LogP contribution in [0, 0.1) is 0 Å². The summed E-state index contributed by atoms with van der Waals surface area (Å²) in [6.07, 6.45) is 4.38. The second kappa shape index (κ2) is 5.03. The van der Waals surface area contributed by atoms with E-state index in [9.17, 15) is 0 Å². The Bertz CT molecular complexity index is 595. The van der Waals surface area contributed by atoms with Gasteiger partial charge in [-0.05, 0) is 25.5 Å². The van der Waals surface area contributed by atoms with E-state index in [0.29, 0.717) is 6.04 Å². The van der Waals surface area contributed by atoms with Crippen LogP contribution in [0.25, 0.3) is 5.65 Å². The SMILES string of the molecule is c1cn2nc(C3CCCN3)nc2cc1N1CCNCC1. The second-order valence-electron chi connectivity index (χ2n) is 5.54. The molecule has 0 saturated carbocycles. The number of aromatic nitrogens is 3. The Morgan fingerprint density at radius 2 is 2.10 bits per heavy atom. The molecule has 2 aromatic heterocycles. The normalized spacial score (nSPS) is 23.6. The van der Waals surface area contributed by atoms with Gasteiger partial charge in [0, 0.05) is 44.1 Å². The fourth-order valence-electron chi connectivity index (χ4n) is 3.06. The Kier molecular flexibility index (Phi) is 3.05. The minimum absolute atomic E-state index is 0.331. The molecule has 0 aliphatic carbocycles. The molecular weight excluding hydrogens is 252 g/mol. The fraction of sp³-hybridized carbons (Fsp3) is 0.571. The fourth-order valence-corrected chi connectivity index (χ4v) is 3.06. The van der Waals surface area contributed by atoms with E-state index in [1.54, 1.807) is 0 Å². The summed E-state index contributed by atoms with van der Waals surface area (Å²) in [7, 11) is 0. The van der Waals surface area contributed by atoms with E-state index in [2.05, 4.69) is 32.8 Å². The lowest BCUT2D eigenvalue weighted by molar-refractivity contribution is 0.589. The van der Waals surface area contributed by atoms with Crippen molar-refractivity contribution < 1.29 is 0 Å². The van der Waals surface area contributed by atoms with Gasteiger partial charge in [0.15, 0.2) is 11.5 Å². The van der Waals surface area contributed by atoms with Gasteiger partial charge in [0.2, 0.25) is 0 Å². The van der Waals surface area contributed by atoms with Crippen LogP contribution in [0.2, 0.25) is 0 Å². The van der Waals surface area contributed by atoms with E-state index in [1.165, 1.54) is 12.1 Å². The Morgan fingerprint density at radius 3 is 2.90 bits per heavy atom. The number of fused-ring (bicyclic) bond motifs is 1. The van der Waals surface area contributed by atoms with Crippen LogP contribution in [0.4, 0.5) is 5.69 Å². The highest BCUT2D eigenvalue weighted by Crippen LogP contribution is 2.22. The molecule has 6 heteroatoms. The largest absolute Gasteiger partial charge is 0.369 e.